The fraction of sp³-hybridized carbons (Fsp3) is 0.0526. The fourth-order valence-corrected chi connectivity index (χ4v) is 2.39. The van der Waals surface area contributed by atoms with Gasteiger partial charge in [0.25, 0.3) is 11.8 Å². The molecule has 0 radical (unpaired) electrons. The lowest BCUT2D eigenvalue weighted by molar-refractivity contribution is -0.120. The highest BCUT2D eigenvalue weighted by atomic mass is 35.5. The quantitative estimate of drug-likeness (QED) is 0.521. The molecule has 0 bridgehead atoms. The molecule has 8 heteroatoms. The number of nitrogens with one attached hydrogen (secondary N) is 2. The summed E-state index contributed by atoms with van der Waals surface area (Å²) in [7, 11) is 0. The summed E-state index contributed by atoms with van der Waals surface area (Å²) in [4.78, 5) is 35.9. The molecular formula is C19H14ClN3O4. The van der Waals surface area contributed by atoms with Crippen LogP contribution in [0.5, 0.6) is 0 Å². The van der Waals surface area contributed by atoms with Gasteiger partial charge in [0.15, 0.2) is 0 Å². The zero-order valence-electron chi connectivity index (χ0n) is 13.9. The van der Waals surface area contributed by atoms with E-state index in [1.54, 1.807) is 48.5 Å². The molecule has 2 N–H and O–H groups in total. The third-order valence-corrected chi connectivity index (χ3v) is 3.87. The molecule has 0 aliphatic rings. The monoisotopic (exact) mass is 383 g/mol. The summed E-state index contributed by atoms with van der Waals surface area (Å²) in [5.74, 6) is -0.959. The van der Waals surface area contributed by atoms with Gasteiger partial charge in [0.05, 0.1) is 23.7 Å². The van der Waals surface area contributed by atoms with Gasteiger partial charge in [-0.15, -0.1) is 0 Å². The maximum atomic E-state index is 12.3. The summed E-state index contributed by atoms with van der Waals surface area (Å²) in [6, 6.07) is 13.1. The lowest BCUT2D eigenvalue weighted by atomic mass is 10.2. The van der Waals surface area contributed by atoms with E-state index in [1.165, 1.54) is 12.5 Å². The molecular weight excluding hydrogens is 370 g/mol. The van der Waals surface area contributed by atoms with E-state index >= 15 is 0 Å². The summed E-state index contributed by atoms with van der Waals surface area (Å²) in [6.07, 6.45) is 2.46. The number of hydrogen-bond acceptors (Lipinski definition) is 5. The highest BCUT2D eigenvalue weighted by molar-refractivity contribution is 6.30. The molecule has 1 heterocycles. The number of hydrazone groups is 1. The van der Waals surface area contributed by atoms with Crippen molar-refractivity contribution in [1.29, 1.82) is 0 Å². The van der Waals surface area contributed by atoms with Crippen molar-refractivity contribution in [3.05, 3.63) is 81.2 Å². The van der Waals surface area contributed by atoms with E-state index in [1.807, 2.05) is 0 Å². The first-order valence-electron chi connectivity index (χ1n) is 7.91. The van der Waals surface area contributed by atoms with E-state index in [4.69, 9.17) is 16.0 Å². The van der Waals surface area contributed by atoms with Gasteiger partial charge in [0, 0.05) is 10.6 Å². The Morgan fingerprint density at radius 3 is 2.63 bits per heavy atom. The van der Waals surface area contributed by atoms with Crippen LogP contribution in [0.25, 0.3) is 11.0 Å². The Morgan fingerprint density at radius 2 is 1.85 bits per heavy atom. The topological polar surface area (TPSA) is 101 Å². The van der Waals surface area contributed by atoms with Crippen LogP contribution in [0.15, 0.2) is 69.1 Å². The standard InChI is InChI=1S/C19H14ClN3O4/c20-14-7-5-12(6-8-14)19(26)21-10-17(24)23-22-9-13-11-27-16-4-2-1-3-15(16)18(13)25/h1-9,11H,10H2,(H,21,26)(H,23,24)/b22-9+. The van der Waals surface area contributed by atoms with Crippen molar-refractivity contribution in [2.45, 2.75) is 0 Å². The Labute approximate surface area is 158 Å². The average molecular weight is 384 g/mol. The maximum Gasteiger partial charge on any atom is 0.259 e. The number of amides is 2. The predicted octanol–water partition coefficient (Wildman–Crippen LogP) is 2.33. The predicted molar refractivity (Wildman–Crippen MR) is 102 cm³/mol. The van der Waals surface area contributed by atoms with E-state index < -0.39 is 11.8 Å². The van der Waals surface area contributed by atoms with Crippen molar-refractivity contribution < 1.29 is 14.0 Å². The number of rotatable bonds is 5. The van der Waals surface area contributed by atoms with E-state index in [-0.39, 0.29) is 17.5 Å². The minimum absolute atomic E-state index is 0.194. The van der Waals surface area contributed by atoms with Crippen molar-refractivity contribution in [1.82, 2.24) is 10.7 Å². The molecule has 7 nitrogen and oxygen atoms in total. The Hall–Kier alpha value is -3.45. The first-order chi connectivity index (χ1) is 13.0. The molecule has 0 aliphatic heterocycles. The van der Waals surface area contributed by atoms with Crippen molar-refractivity contribution in [3.63, 3.8) is 0 Å². The van der Waals surface area contributed by atoms with Crippen LogP contribution in [0.3, 0.4) is 0 Å². The fourth-order valence-electron chi connectivity index (χ4n) is 2.26. The smallest absolute Gasteiger partial charge is 0.259 e. The normalized spacial score (nSPS) is 10.9. The minimum Gasteiger partial charge on any atom is -0.463 e. The molecule has 0 saturated heterocycles. The molecule has 27 heavy (non-hydrogen) atoms. The lowest BCUT2D eigenvalue weighted by Crippen LogP contribution is -2.35. The van der Waals surface area contributed by atoms with Crippen LogP contribution in [0.2, 0.25) is 5.02 Å². The summed E-state index contributed by atoms with van der Waals surface area (Å²) in [6.45, 7) is -0.273. The highest BCUT2D eigenvalue weighted by Gasteiger charge is 2.08. The molecule has 0 aliphatic carbocycles. The number of nitrogens with zero attached hydrogens (tertiary/aromatic N) is 1. The average Bonchev–Trinajstić information content (AvgIpc) is 2.68. The van der Waals surface area contributed by atoms with Gasteiger partial charge in [-0.1, -0.05) is 23.7 Å². The molecule has 136 valence electrons. The Balaban J connectivity index is 1.56. The number of para-hydroxylation sites is 1. The van der Waals surface area contributed by atoms with Crippen molar-refractivity contribution in [2.75, 3.05) is 6.54 Å². The molecule has 0 spiro atoms. The van der Waals surface area contributed by atoms with Crippen LogP contribution in [-0.2, 0) is 4.79 Å². The van der Waals surface area contributed by atoms with E-state index in [9.17, 15) is 14.4 Å². The van der Waals surface area contributed by atoms with Gasteiger partial charge in [-0.05, 0) is 36.4 Å². The SMILES string of the molecule is O=C(CNC(=O)c1ccc(Cl)cc1)N/N=C/c1coc2ccccc2c1=O. The number of halogens is 1. The molecule has 1 aromatic heterocycles. The number of benzene rings is 2. The van der Waals surface area contributed by atoms with Crippen LogP contribution in [-0.4, -0.2) is 24.6 Å². The number of carbonyl (C=O) groups excluding carboxylic acids is 2. The first-order valence-corrected chi connectivity index (χ1v) is 8.28. The first kappa shape index (κ1) is 18.3. The maximum absolute atomic E-state index is 12.3. The molecule has 0 unspecified atom stereocenters. The van der Waals surface area contributed by atoms with Crippen LogP contribution < -0.4 is 16.2 Å². The third-order valence-electron chi connectivity index (χ3n) is 3.62. The van der Waals surface area contributed by atoms with Crippen molar-refractivity contribution in [2.24, 2.45) is 5.10 Å². The van der Waals surface area contributed by atoms with Gasteiger partial charge in [-0.3, -0.25) is 14.4 Å². The van der Waals surface area contributed by atoms with Gasteiger partial charge in [-0.2, -0.15) is 5.10 Å². The second kappa shape index (κ2) is 8.29. The van der Waals surface area contributed by atoms with E-state index in [2.05, 4.69) is 15.8 Å². The Morgan fingerprint density at radius 1 is 1.11 bits per heavy atom. The van der Waals surface area contributed by atoms with Crippen LogP contribution in [0, 0.1) is 0 Å². The van der Waals surface area contributed by atoms with Crippen molar-refractivity contribution in [3.8, 4) is 0 Å². The zero-order chi connectivity index (χ0) is 19.2. The summed E-state index contributed by atoms with van der Waals surface area (Å²) in [5.41, 5.74) is 3.02. The van der Waals surface area contributed by atoms with E-state index in [0.717, 1.165) is 0 Å². The largest absolute Gasteiger partial charge is 0.463 e. The zero-order valence-corrected chi connectivity index (χ0v) is 14.7. The summed E-state index contributed by atoms with van der Waals surface area (Å²) < 4.78 is 5.35. The highest BCUT2D eigenvalue weighted by Crippen LogP contribution is 2.10. The van der Waals surface area contributed by atoms with Gasteiger partial charge in [0.2, 0.25) is 5.43 Å². The molecule has 3 aromatic rings. The van der Waals surface area contributed by atoms with Gasteiger partial charge in [0.1, 0.15) is 11.8 Å². The second-order valence-electron chi connectivity index (χ2n) is 5.50. The number of hydrogen-bond donors (Lipinski definition) is 2. The van der Waals surface area contributed by atoms with Crippen LogP contribution in [0.1, 0.15) is 15.9 Å². The third kappa shape index (κ3) is 4.59. The molecule has 2 aromatic carbocycles. The molecule has 2 amide bonds. The molecule has 0 saturated carbocycles. The Kier molecular flexibility index (Phi) is 5.63. The second-order valence-corrected chi connectivity index (χ2v) is 5.94. The van der Waals surface area contributed by atoms with Crippen molar-refractivity contribution >= 4 is 40.6 Å². The van der Waals surface area contributed by atoms with Gasteiger partial charge < -0.3 is 9.73 Å². The van der Waals surface area contributed by atoms with Crippen LogP contribution >= 0.6 is 11.6 Å². The Bertz CT molecular complexity index is 1070. The summed E-state index contributed by atoms with van der Waals surface area (Å²) >= 11 is 5.75. The summed E-state index contributed by atoms with van der Waals surface area (Å²) in [5, 5.41) is 7.10. The molecule has 3 rings (SSSR count). The number of carbonyl (C=O) groups is 2. The molecule has 0 fully saturated rings. The van der Waals surface area contributed by atoms with E-state index in [0.29, 0.717) is 21.6 Å². The van der Waals surface area contributed by atoms with Gasteiger partial charge >= 0.3 is 0 Å². The number of fused-ring (bicyclic) bond motifs is 1. The molecule has 0 atom stereocenters. The van der Waals surface area contributed by atoms with Crippen LogP contribution in [0.4, 0.5) is 0 Å². The van der Waals surface area contributed by atoms with Gasteiger partial charge in [-0.25, -0.2) is 5.43 Å². The lowest BCUT2D eigenvalue weighted by Gasteiger charge is -2.04. The minimum atomic E-state index is -0.543.